The van der Waals surface area contributed by atoms with E-state index in [1.165, 1.54) is 13.2 Å². The summed E-state index contributed by atoms with van der Waals surface area (Å²) in [5.74, 6) is 0.883. The monoisotopic (exact) mass is 289 g/mol. The Balaban J connectivity index is 2.55. The molecule has 4 heteroatoms. The predicted octanol–water partition coefficient (Wildman–Crippen LogP) is 3.51. The Bertz CT molecular complexity index is 655. The number of hydrogen-bond donors (Lipinski definition) is 1. The van der Waals surface area contributed by atoms with Crippen molar-refractivity contribution in [3.05, 3.63) is 58.4 Å². The van der Waals surface area contributed by atoms with Crippen LogP contribution in [0.4, 0.5) is 4.39 Å². The zero-order valence-corrected chi connectivity index (χ0v) is 12.7. The molecular weight excluding hydrogens is 269 g/mol. The molecule has 0 saturated heterocycles. The molecule has 0 heterocycles. The molecule has 112 valence electrons. The Kier molecular flexibility index (Phi) is 4.48. The Morgan fingerprint density at radius 3 is 2.29 bits per heavy atom. The maximum Gasteiger partial charge on any atom is 0.132 e. The molecule has 0 radical (unpaired) electrons. The van der Waals surface area contributed by atoms with E-state index < -0.39 is 6.04 Å². The van der Waals surface area contributed by atoms with Crippen LogP contribution in [-0.2, 0) is 0 Å². The van der Waals surface area contributed by atoms with Crippen LogP contribution in [0.2, 0.25) is 0 Å². The Hall–Kier alpha value is -2.07. The van der Waals surface area contributed by atoms with Crippen LogP contribution in [0.3, 0.4) is 0 Å². The Morgan fingerprint density at radius 2 is 1.67 bits per heavy atom. The van der Waals surface area contributed by atoms with E-state index in [0.29, 0.717) is 11.3 Å². The summed E-state index contributed by atoms with van der Waals surface area (Å²) in [5, 5.41) is 0. The van der Waals surface area contributed by atoms with Crippen LogP contribution in [0, 0.1) is 19.7 Å². The first-order valence-corrected chi connectivity index (χ1v) is 6.72. The van der Waals surface area contributed by atoms with Gasteiger partial charge in [0.25, 0.3) is 0 Å². The van der Waals surface area contributed by atoms with Gasteiger partial charge in [-0.05, 0) is 48.7 Å². The molecule has 0 aliphatic rings. The molecule has 2 N–H and O–H groups in total. The highest BCUT2D eigenvalue weighted by Crippen LogP contribution is 2.34. The lowest BCUT2D eigenvalue weighted by Crippen LogP contribution is -2.16. The lowest BCUT2D eigenvalue weighted by Gasteiger charge is -2.20. The minimum absolute atomic E-state index is 0.366. The van der Waals surface area contributed by atoms with E-state index in [9.17, 15) is 4.39 Å². The van der Waals surface area contributed by atoms with Crippen molar-refractivity contribution in [1.82, 2.24) is 0 Å². The fraction of sp³-hybridized carbons (Fsp3) is 0.294. The normalized spacial score (nSPS) is 12.1. The van der Waals surface area contributed by atoms with Crippen molar-refractivity contribution < 1.29 is 13.9 Å². The Labute approximate surface area is 124 Å². The summed E-state index contributed by atoms with van der Waals surface area (Å²) in [7, 11) is 3.14. The third kappa shape index (κ3) is 2.85. The van der Waals surface area contributed by atoms with Crippen LogP contribution in [0.15, 0.2) is 30.3 Å². The minimum atomic E-state index is -0.592. The number of halogens is 1. The standard InChI is InChI=1S/C17H20FNO2/c1-10-9-15(21-4)11(2)8-12(10)17(19)16-13(18)6-5-7-14(16)20-3/h5-9,17H,19H2,1-4H3. The number of nitrogens with two attached hydrogens (primary N) is 1. The largest absolute Gasteiger partial charge is 0.496 e. The van der Waals surface area contributed by atoms with E-state index in [1.807, 2.05) is 26.0 Å². The molecule has 1 atom stereocenters. The summed E-state index contributed by atoms with van der Waals surface area (Å²) < 4.78 is 24.7. The fourth-order valence-electron chi connectivity index (χ4n) is 2.52. The predicted molar refractivity (Wildman–Crippen MR) is 81.5 cm³/mol. The van der Waals surface area contributed by atoms with Gasteiger partial charge in [0, 0.05) is 0 Å². The van der Waals surface area contributed by atoms with Crippen molar-refractivity contribution in [3.8, 4) is 11.5 Å². The summed E-state index contributed by atoms with van der Waals surface area (Å²) in [6.45, 7) is 3.87. The van der Waals surface area contributed by atoms with Gasteiger partial charge in [-0.25, -0.2) is 4.39 Å². The molecule has 0 aliphatic heterocycles. The maximum absolute atomic E-state index is 14.2. The molecule has 1 unspecified atom stereocenters. The summed E-state index contributed by atoms with van der Waals surface area (Å²) >= 11 is 0. The lowest BCUT2D eigenvalue weighted by atomic mass is 9.93. The first-order chi connectivity index (χ1) is 9.99. The second kappa shape index (κ2) is 6.14. The Morgan fingerprint density at radius 1 is 1.00 bits per heavy atom. The molecule has 0 aromatic heterocycles. The average Bonchev–Trinajstić information content (AvgIpc) is 2.48. The van der Waals surface area contributed by atoms with Gasteiger partial charge in [-0.15, -0.1) is 0 Å². The number of ether oxygens (including phenoxy) is 2. The van der Waals surface area contributed by atoms with Crippen LogP contribution in [0.5, 0.6) is 11.5 Å². The molecular formula is C17H20FNO2. The topological polar surface area (TPSA) is 44.5 Å². The highest BCUT2D eigenvalue weighted by atomic mass is 19.1. The van der Waals surface area contributed by atoms with Gasteiger partial charge < -0.3 is 15.2 Å². The van der Waals surface area contributed by atoms with Gasteiger partial charge >= 0.3 is 0 Å². The number of aryl methyl sites for hydroxylation is 2. The van der Waals surface area contributed by atoms with Gasteiger partial charge in [-0.3, -0.25) is 0 Å². The van der Waals surface area contributed by atoms with Crippen molar-refractivity contribution >= 4 is 0 Å². The number of rotatable bonds is 4. The van der Waals surface area contributed by atoms with E-state index in [4.69, 9.17) is 15.2 Å². The summed E-state index contributed by atoms with van der Waals surface area (Å²) in [6.07, 6.45) is 0. The van der Waals surface area contributed by atoms with Crippen molar-refractivity contribution in [2.45, 2.75) is 19.9 Å². The minimum Gasteiger partial charge on any atom is -0.496 e. The van der Waals surface area contributed by atoms with E-state index in [2.05, 4.69) is 0 Å². The van der Waals surface area contributed by atoms with Gasteiger partial charge in [0.1, 0.15) is 17.3 Å². The number of hydrogen-bond acceptors (Lipinski definition) is 3. The molecule has 0 amide bonds. The summed E-state index contributed by atoms with van der Waals surface area (Å²) in [4.78, 5) is 0. The van der Waals surface area contributed by atoms with Crippen molar-refractivity contribution in [3.63, 3.8) is 0 Å². The van der Waals surface area contributed by atoms with Crippen molar-refractivity contribution in [2.75, 3.05) is 14.2 Å². The smallest absolute Gasteiger partial charge is 0.132 e. The molecule has 0 aliphatic carbocycles. The van der Waals surface area contributed by atoms with Crippen molar-refractivity contribution in [1.29, 1.82) is 0 Å². The van der Waals surface area contributed by atoms with Gasteiger partial charge in [0.2, 0.25) is 0 Å². The third-order valence-corrected chi connectivity index (χ3v) is 3.66. The number of methoxy groups -OCH3 is 2. The van der Waals surface area contributed by atoms with Crippen LogP contribution in [-0.4, -0.2) is 14.2 Å². The average molecular weight is 289 g/mol. The molecule has 2 aromatic rings. The highest BCUT2D eigenvalue weighted by Gasteiger charge is 2.21. The van der Waals surface area contributed by atoms with E-state index in [0.717, 1.165) is 22.4 Å². The molecule has 2 aromatic carbocycles. The van der Waals surface area contributed by atoms with E-state index in [1.54, 1.807) is 19.2 Å². The highest BCUT2D eigenvalue weighted by molar-refractivity contribution is 5.48. The zero-order chi connectivity index (χ0) is 15.6. The number of benzene rings is 2. The van der Waals surface area contributed by atoms with Crippen LogP contribution in [0.25, 0.3) is 0 Å². The molecule has 21 heavy (non-hydrogen) atoms. The zero-order valence-electron chi connectivity index (χ0n) is 12.7. The van der Waals surface area contributed by atoms with Crippen LogP contribution in [0.1, 0.15) is 28.3 Å². The van der Waals surface area contributed by atoms with Gasteiger partial charge in [0.15, 0.2) is 0 Å². The molecule has 2 rings (SSSR count). The first kappa shape index (κ1) is 15.3. The van der Waals surface area contributed by atoms with Gasteiger partial charge in [-0.2, -0.15) is 0 Å². The second-order valence-electron chi connectivity index (χ2n) is 5.01. The second-order valence-corrected chi connectivity index (χ2v) is 5.01. The summed E-state index contributed by atoms with van der Waals surface area (Å²) in [6, 6.07) is 7.97. The van der Waals surface area contributed by atoms with Crippen LogP contribution >= 0.6 is 0 Å². The van der Waals surface area contributed by atoms with E-state index in [-0.39, 0.29) is 5.82 Å². The van der Waals surface area contributed by atoms with Crippen LogP contribution < -0.4 is 15.2 Å². The molecule has 0 fully saturated rings. The van der Waals surface area contributed by atoms with Gasteiger partial charge in [0.05, 0.1) is 25.8 Å². The molecule has 0 saturated carbocycles. The fourth-order valence-corrected chi connectivity index (χ4v) is 2.52. The molecule has 0 bridgehead atoms. The molecule has 0 spiro atoms. The summed E-state index contributed by atoms with van der Waals surface area (Å²) in [5.41, 5.74) is 9.44. The maximum atomic E-state index is 14.2. The first-order valence-electron chi connectivity index (χ1n) is 6.72. The SMILES string of the molecule is COc1cc(C)c(C(N)c2c(F)cccc2OC)cc1C. The lowest BCUT2D eigenvalue weighted by molar-refractivity contribution is 0.401. The molecule has 3 nitrogen and oxygen atoms in total. The van der Waals surface area contributed by atoms with E-state index >= 15 is 0 Å². The quantitative estimate of drug-likeness (QED) is 0.936. The van der Waals surface area contributed by atoms with Crippen molar-refractivity contribution in [2.24, 2.45) is 5.73 Å². The van der Waals surface area contributed by atoms with Gasteiger partial charge in [-0.1, -0.05) is 12.1 Å². The third-order valence-electron chi connectivity index (χ3n) is 3.66.